The van der Waals surface area contributed by atoms with E-state index in [1.54, 1.807) is 29.6 Å². The van der Waals surface area contributed by atoms with Gasteiger partial charge < -0.3 is 4.74 Å². The molecule has 5 nitrogen and oxygen atoms in total. The molecule has 0 aliphatic rings. The van der Waals surface area contributed by atoms with Crippen LogP contribution in [0.15, 0.2) is 58.8 Å². The van der Waals surface area contributed by atoms with E-state index in [1.165, 1.54) is 0 Å². The van der Waals surface area contributed by atoms with Crippen molar-refractivity contribution in [3.63, 3.8) is 0 Å². The normalized spacial score (nSPS) is 12.0. The molecule has 1 heterocycles. The summed E-state index contributed by atoms with van der Waals surface area (Å²) in [5, 5.41) is 2.35. The number of nitrogens with one attached hydrogen (secondary N) is 1. The first-order valence-electron chi connectivity index (χ1n) is 7.22. The van der Waals surface area contributed by atoms with Crippen molar-refractivity contribution in [2.24, 2.45) is 0 Å². The van der Waals surface area contributed by atoms with Gasteiger partial charge in [-0.3, -0.25) is 4.72 Å². The molecule has 0 amide bonds. The smallest absolute Gasteiger partial charge is 0.406 e. The third kappa shape index (κ3) is 5.12. The number of sulfonamides is 1. The number of alkyl halides is 3. The number of hydrogen-bond donors (Lipinski definition) is 1. The Bertz CT molecular complexity index is 1030. The summed E-state index contributed by atoms with van der Waals surface area (Å²) in [5.41, 5.74) is 1.32. The molecule has 0 bridgehead atoms. The van der Waals surface area contributed by atoms with Gasteiger partial charge in [0.2, 0.25) is 0 Å². The highest BCUT2D eigenvalue weighted by Crippen LogP contribution is 2.28. The zero-order valence-electron chi connectivity index (χ0n) is 13.2. The zero-order chi connectivity index (χ0) is 19.7. The first-order valence-corrected chi connectivity index (χ1v) is 9.96. The summed E-state index contributed by atoms with van der Waals surface area (Å²) in [6.45, 7) is 0. The van der Waals surface area contributed by atoms with E-state index in [4.69, 9.17) is 11.6 Å². The Morgan fingerprint density at radius 2 is 1.67 bits per heavy atom. The second-order valence-electron chi connectivity index (χ2n) is 5.17. The second-order valence-corrected chi connectivity index (χ2v) is 8.15. The standard InChI is InChI=1S/C16H10ClF3N2O3S2/c17-11-3-1-10(2-4-11)14-9-26-15(21-14)22-27(23,24)13-7-5-12(6-8-13)25-16(18,19)20/h1-9H,(H,21,22). The third-order valence-corrected chi connectivity index (χ3v) is 5.73. The number of halogens is 4. The van der Waals surface area contributed by atoms with E-state index in [9.17, 15) is 21.6 Å². The SMILES string of the molecule is O=S(=O)(Nc1nc(-c2ccc(Cl)cc2)cs1)c1ccc(OC(F)(F)F)cc1. The van der Waals surface area contributed by atoms with Crippen molar-refractivity contribution in [3.8, 4) is 17.0 Å². The Morgan fingerprint density at radius 1 is 1.04 bits per heavy atom. The minimum absolute atomic E-state index is 0.121. The molecule has 0 unspecified atom stereocenters. The highest BCUT2D eigenvalue weighted by atomic mass is 35.5. The van der Waals surface area contributed by atoms with Crippen LogP contribution in [0.3, 0.4) is 0 Å². The molecule has 1 aromatic heterocycles. The molecule has 0 aliphatic heterocycles. The Kier molecular flexibility index (Phi) is 5.31. The maximum atomic E-state index is 12.4. The lowest BCUT2D eigenvalue weighted by atomic mass is 10.2. The van der Waals surface area contributed by atoms with Gasteiger partial charge in [-0.2, -0.15) is 0 Å². The van der Waals surface area contributed by atoms with Crippen LogP contribution in [-0.4, -0.2) is 19.8 Å². The maximum Gasteiger partial charge on any atom is 0.573 e. The maximum absolute atomic E-state index is 12.4. The predicted molar refractivity (Wildman–Crippen MR) is 96.5 cm³/mol. The van der Waals surface area contributed by atoms with E-state index >= 15 is 0 Å². The fourth-order valence-electron chi connectivity index (χ4n) is 2.07. The van der Waals surface area contributed by atoms with Crippen LogP contribution in [0.2, 0.25) is 5.02 Å². The fourth-order valence-corrected chi connectivity index (χ4v) is 4.17. The van der Waals surface area contributed by atoms with E-state index in [0.29, 0.717) is 10.7 Å². The van der Waals surface area contributed by atoms with Gasteiger partial charge >= 0.3 is 6.36 Å². The van der Waals surface area contributed by atoms with Gasteiger partial charge in [-0.15, -0.1) is 24.5 Å². The summed E-state index contributed by atoms with van der Waals surface area (Å²) < 4.78 is 67.2. The Balaban J connectivity index is 1.76. The van der Waals surface area contributed by atoms with Crippen LogP contribution in [0.5, 0.6) is 5.75 Å². The molecule has 27 heavy (non-hydrogen) atoms. The monoisotopic (exact) mass is 434 g/mol. The van der Waals surface area contributed by atoms with E-state index in [2.05, 4.69) is 14.4 Å². The van der Waals surface area contributed by atoms with Gasteiger partial charge in [0, 0.05) is 16.0 Å². The molecule has 0 fully saturated rings. The molecule has 0 atom stereocenters. The lowest BCUT2D eigenvalue weighted by molar-refractivity contribution is -0.274. The van der Waals surface area contributed by atoms with Crippen LogP contribution in [0, 0.1) is 0 Å². The summed E-state index contributed by atoms with van der Waals surface area (Å²) in [4.78, 5) is 3.98. The number of benzene rings is 2. The largest absolute Gasteiger partial charge is 0.573 e. The van der Waals surface area contributed by atoms with Crippen molar-refractivity contribution in [1.82, 2.24) is 4.98 Å². The second kappa shape index (κ2) is 7.37. The molecular weight excluding hydrogens is 425 g/mol. The number of nitrogens with zero attached hydrogens (tertiary/aromatic N) is 1. The van der Waals surface area contributed by atoms with Crippen molar-refractivity contribution in [2.45, 2.75) is 11.3 Å². The lowest BCUT2D eigenvalue weighted by Gasteiger charge is -2.09. The molecule has 2 aromatic carbocycles. The summed E-state index contributed by atoms with van der Waals surface area (Å²) in [6, 6.07) is 10.7. The number of hydrogen-bond acceptors (Lipinski definition) is 5. The van der Waals surface area contributed by atoms with E-state index in [-0.39, 0.29) is 10.0 Å². The summed E-state index contributed by atoms with van der Waals surface area (Å²) in [7, 11) is -4.01. The minimum Gasteiger partial charge on any atom is -0.406 e. The van der Waals surface area contributed by atoms with E-state index in [1.807, 2.05) is 0 Å². The number of aromatic nitrogens is 1. The Hall–Kier alpha value is -2.30. The molecule has 142 valence electrons. The number of ether oxygens (including phenoxy) is 1. The van der Waals surface area contributed by atoms with Crippen LogP contribution in [0.1, 0.15) is 0 Å². The molecule has 0 radical (unpaired) electrons. The number of rotatable bonds is 5. The van der Waals surface area contributed by atoms with Crippen LogP contribution in [-0.2, 0) is 10.0 Å². The predicted octanol–water partition coefficient (Wildman–Crippen LogP) is 5.16. The van der Waals surface area contributed by atoms with Crippen LogP contribution < -0.4 is 9.46 Å². The van der Waals surface area contributed by atoms with Gasteiger partial charge in [0.1, 0.15) is 5.75 Å². The van der Waals surface area contributed by atoms with Crippen molar-refractivity contribution in [3.05, 3.63) is 58.9 Å². The molecular formula is C16H10ClF3N2O3S2. The molecule has 1 N–H and O–H groups in total. The first kappa shape index (κ1) is 19.5. The topological polar surface area (TPSA) is 68.3 Å². The lowest BCUT2D eigenvalue weighted by Crippen LogP contribution is -2.17. The van der Waals surface area contributed by atoms with Gasteiger partial charge in [-0.05, 0) is 36.4 Å². The number of anilines is 1. The minimum atomic E-state index is -4.85. The van der Waals surface area contributed by atoms with Crippen LogP contribution in [0.25, 0.3) is 11.3 Å². The highest BCUT2D eigenvalue weighted by Gasteiger charge is 2.31. The average Bonchev–Trinajstić information content (AvgIpc) is 3.02. The molecule has 0 saturated heterocycles. The van der Waals surface area contributed by atoms with Gasteiger partial charge in [0.05, 0.1) is 10.6 Å². The van der Waals surface area contributed by atoms with Crippen molar-refractivity contribution < 1.29 is 26.3 Å². The summed E-state index contributed by atoms with van der Waals surface area (Å²) in [6.07, 6.45) is -4.85. The highest BCUT2D eigenvalue weighted by molar-refractivity contribution is 7.93. The zero-order valence-corrected chi connectivity index (χ0v) is 15.6. The molecule has 11 heteroatoms. The van der Waals surface area contributed by atoms with Crippen LogP contribution >= 0.6 is 22.9 Å². The van der Waals surface area contributed by atoms with Gasteiger partial charge in [0.15, 0.2) is 5.13 Å². The molecule has 0 aliphatic carbocycles. The van der Waals surface area contributed by atoms with Crippen molar-refractivity contribution >= 4 is 38.1 Å². The van der Waals surface area contributed by atoms with Crippen molar-refractivity contribution in [2.75, 3.05) is 4.72 Å². The fraction of sp³-hybridized carbons (Fsp3) is 0.0625. The van der Waals surface area contributed by atoms with Crippen LogP contribution in [0.4, 0.5) is 18.3 Å². The molecule has 0 spiro atoms. The van der Waals surface area contributed by atoms with Gasteiger partial charge in [-0.1, -0.05) is 23.7 Å². The molecule has 3 rings (SSSR count). The Labute approximate surface area is 161 Å². The molecule has 3 aromatic rings. The molecule has 0 saturated carbocycles. The quantitative estimate of drug-likeness (QED) is 0.602. The Morgan fingerprint density at radius 3 is 2.26 bits per heavy atom. The third-order valence-electron chi connectivity index (χ3n) is 3.23. The van der Waals surface area contributed by atoms with E-state index in [0.717, 1.165) is 41.2 Å². The average molecular weight is 435 g/mol. The summed E-state index contributed by atoms with van der Waals surface area (Å²) in [5.74, 6) is -0.513. The van der Waals surface area contributed by atoms with E-state index < -0.39 is 22.1 Å². The number of thiazole rings is 1. The van der Waals surface area contributed by atoms with Crippen molar-refractivity contribution in [1.29, 1.82) is 0 Å². The van der Waals surface area contributed by atoms with Gasteiger partial charge in [-0.25, -0.2) is 13.4 Å². The first-order chi connectivity index (χ1) is 12.6. The summed E-state index contributed by atoms with van der Waals surface area (Å²) >= 11 is 6.90. The van der Waals surface area contributed by atoms with Gasteiger partial charge in [0.25, 0.3) is 10.0 Å².